The van der Waals surface area contributed by atoms with Crippen molar-refractivity contribution in [3.05, 3.63) is 29.2 Å². The zero-order chi connectivity index (χ0) is 36.0. The number of hydrogen-bond acceptors (Lipinski definition) is 5. The molecule has 49 heavy (non-hydrogen) atoms. The third kappa shape index (κ3) is 34.0. The summed E-state index contributed by atoms with van der Waals surface area (Å²) in [5, 5.41) is 10.1. The number of nitrogens with two attached hydrogens (primary N) is 1. The van der Waals surface area contributed by atoms with E-state index in [4.69, 9.17) is 15.7 Å². The van der Waals surface area contributed by atoms with E-state index in [1.165, 1.54) is 122 Å². The summed E-state index contributed by atoms with van der Waals surface area (Å²) >= 11 is 0. The van der Waals surface area contributed by atoms with Crippen LogP contribution in [0.5, 0.6) is 0 Å². The van der Waals surface area contributed by atoms with Crippen LogP contribution in [0.2, 0.25) is 0 Å². The summed E-state index contributed by atoms with van der Waals surface area (Å²) < 4.78 is 0. The molecule has 8 nitrogen and oxygen atoms in total. The van der Waals surface area contributed by atoms with Crippen molar-refractivity contribution in [2.45, 2.75) is 213 Å². The lowest BCUT2D eigenvalue weighted by Gasteiger charge is -2.14. The summed E-state index contributed by atoms with van der Waals surface area (Å²) in [5.41, 5.74) is 5.53. The molecule has 0 spiro atoms. The highest BCUT2D eigenvalue weighted by Gasteiger charge is 2.25. The Bertz CT molecular complexity index is 832. The van der Waals surface area contributed by atoms with E-state index in [0.29, 0.717) is 6.54 Å². The molecule has 0 fully saturated rings. The Morgan fingerprint density at radius 3 is 1.39 bits per heavy atom. The number of carboxylic acid groups (broad SMARTS) is 1. The number of hydrogen-bond donors (Lipinski definition) is 2. The van der Waals surface area contributed by atoms with Crippen molar-refractivity contribution < 1.29 is 24.4 Å². The maximum atomic E-state index is 12.9. The molecule has 0 unspecified atom stereocenters. The van der Waals surface area contributed by atoms with Gasteiger partial charge in [-0.05, 0) is 70.6 Å². The summed E-state index contributed by atoms with van der Waals surface area (Å²) in [4.78, 5) is 42.4. The van der Waals surface area contributed by atoms with Gasteiger partial charge in [0, 0.05) is 11.6 Å². The average molecular weight is 693 g/mol. The van der Waals surface area contributed by atoms with E-state index >= 15 is 0 Å². The van der Waals surface area contributed by atoms with Gasteiger partial charge in [-0.15, -0.1) is 0 Å². The smallest absolute Gasteiger partial charge is 0.338 e. The molecule has 8 heteroatoms. The molecule has 0 aromatic rings. The van der Waals surface area contributed by atoms with E-state index in [1.54, 1.807) is 0 Å². The predicted octanol–water partition coefficient (Wildman–Crippen LogP) is 11.7. The lowest BCUT2D eigenvalue weighted by atomic mass is 10.1. The second kappa shape index (κ2) is 37.0. The summed E-state index contributed by atoms with van der Waals surface area (Å²) in [6.07, 6.45) is 42.8. The van der Waals surface area contributed by atoms with Crippen molar-refractivity contribution in [3.8, 4) is 0 Å². The summed E-state index contributed by atoms with van der Waals surface area (Å²) in [6, 6.07) is -1.12. The first kappa shape index (κ1) is 46.8. The highest BCUT2D eigenvalue weighted by molar-refractivity contribution is 5.75. The second-order valence-electron chi connectivity index (χ2n) is 14.0. The van der Waals surface area contributed by atoms with Gasteiger partial charge in [0.05, 0.1) is 11.3 Å². The number of unbranched alkanes of at least 4 members (excludes halogenated alkanes) is 24. The number of carboxylic acids is 1. The Morgan fingerprint density at radius 1 is 0.612 bits per heavy atom. The van der Waals surface area contributed by atoms with Gasteiger partial charge < -0.3 is 10.8 Å². The third-order valence-electron chi connectivity index (χ3n) is 9.16. The molecule has 0 radical (unpaired) electrons. The van der Waals surface area contributed by atoms with Gasteiger partial charge in [-0.25, -0.2) is 4.79 Å². The van der Waals surface area contributed by atoms with Gasteiger partial charge >= 0.3 is 11.9 Å². The average Bonchev–Trinajstić information content (AvgIpc) is 3.09. The van der Waals surface area contributed by atoms with Crippen LogP contribution in [0.1, 0.15) is 206 Å². The van der Waals surface area contributed by atoms with Gasteiger partial charge in [-0.2, -0.15) is 0 Å². The fourth-order valence-electron chi connectivity index (χ4n) is 5.86. The molecular weight excluding hydrogens is 614 g/mol. The number of allylic oxidation sites excluding steroid dienone is 4. The van der Waals surface area contributed by atoms with Gasteiger partial charge in [0.1, 0.15) is 12.6 Å². The number of hydrazine groups is 1. The normalized spacial score (nSPS) is 12.2. The monoisotopic (exact) mass is 693 g/mol. The number of rotatable bonds is 38. The minimum absolute atomic E-state index is 0.0238. The van der Waals surface area contributed by atoms with Crippen LogP contribution in [0, 0.1) is 4.91 Å². The van der Waals surface area contributed by atoms with Gasteiger partial charge in [-0.3, -0.25) is 9.63 Å². The van der Waals surface area contributed by atoms with Gasteiger partial charge in [0.2, 0.25) is 6.54 Å². The van der Waals surface area contributed by atoms with Crippen LogP contribution in [0.15, 0.2) is 24.3 Å². The quantitative estimate of drug-likeness (QED) is 0.0286. The van der Waals surface area contributed by atoms with Crippen LogP contribution < -0.4 is 5.73 Å². The maximum Gasteiger partial charge on any atom is 0.338 e. The van der Waals surface area contributed by atoms with Crippen LogP contribution in [0.25, 0.3) is 0 Å². The summed E-state index contributed by atoms with van der Waals surface area (Å²) in [6.45, 7) is 5.13. The molecular formula is C41H78N3O5+. The Morgan fingerprint density at radius 2 is 0.980 bits per heavy atom. The second-order valence-corrected chi connectivity index (χ2v) is 14.0. The molecule has 0 aliphatic heterocycles. The van der Waals surface area contributed by atoms with E-state index in [0.717, 1.165) is 67.8 Å². The minimum Gasteiger partial charge on any atom is -0.480 e. The fourth-order valence-corrected chi connectivity index (χ4v) is 5.86. The lowest BCUT2D eigenvalue weighted by molar-refractivity contribution is -0.768. The van der Waals surface area contributed by atoms with Crippen LogP contribution in [-0.2, 0) is 14.4 Å². The first-order valence-corrected chi connectivity index (χ1v) is 20.6. The molecule has 3 N–H and O–H groups in total. The molecule has 0 bridgehead atoms. The molecule has 1 atom stereocenters. The molecule has 0 saturated carbocycles. The topological polar surface area (TPSA) is 113 Å². The minimum atomic E-state index is -1.15. The Labute approximate surface area is 301 Å². The molecule has 0 aliphatic rings. The van der Waals surface area contributed by atoms with Crippen molar-refractivity contribution >= 4 is 11.9 Å². The molecule has 0 heterocycles. The number of hydroxylamine groups is 1. The Kier molecular flexibility index (Phi) is 35.4. The van der Waals surface area contributed by atoms with Crippen LogP contribution >= 0.6 is 0 Å². The zero-order valence-corrected chi connectivity index (χ0v) is 32.1. The first-order valence-electron chi connectivity index (χ1n) is 20.6. The number of carbonyl (C=O) groups excluding carboxylic acids is 1. The van der Waals surface area contributed by atoms with E-state index < -0.39 is 18.0 Å². The Balaban J connectivity index is 4.17. The maximum absolute atomic E-state index is 12.9. The molecule has 0 aromatic carbocycles. The van der Waals surface area contributed by atoms with E-state index in [-0.39, 0.29) is 19.4 Å². The van der Waals surface area contributed by atoms with Crippen LogP contribution in [0.3, 0.4) is 0 Å². The lowest BCUT2D eigenvalue weighted by Crippen LogP contribution is -2.38. The van der Waals surface area contributed by atoms with E-state index in [1.807, 2.05) is 0 Å². The zero-order valence-electron chi connectivity index (χ0n) is 32.1. The highest BCUT2D eigenvalue weighted by atomic mass is 16.8. The molecule has 286 valence electrons. The van der Waals surface area contributed by atoms with Crippen molar-refractivity contribution in [3.63, 3.8) is 0 Å². The van der Waals surface area contributed by atoms with Gasteiger partial charge in [0.25, 0.3) is 0 Å². The summed E-state index contributed by atoms with van der Waals surface area (Å²) in [5.74, 6) is -1.78. The molecule has 0 saturated heterocycles. The third-order valence-corrected chi connectivity index (χ3v) is 9.16. The fraction of sp³-hybridized carbons (Fsp3) is 0.854. The van der Waals surface area contributed by atoms with Crippen molar-refractivity contribution in [1.82, 2.24) is 5.17 Å². The van der Waals surface area contributed by atoms with E-state index in [9.17, 15) is 14.5 Å². The standard InChI is InChI=1S/C41H77N3O5/c1-3-5-7-9-11-13-15-17-19-21-23-25-27-29-31-33-37-43(48)44(49-40(45)36-35-39(42)41(46)47)38-34-32-30-28-26-24-22-20-18-16-14-12-10-8-6-4-2/h17-20,39H,3-16,21-38,42H2,1-2H3/p+1/b19-17-,20-18-/t39-/m0/s1. The number of nitrogens with zero attached hydrogens (tertiary/aromatic N) is 2. The van der Waals surface area contributed by atoms with Crippen molar-refractivity contribution in [1.29, 1.82) is 0 Å². The SMILES string of the molecule is CCCCCCCC/C=C\CCCCCCCCN(OC(=O)CC[C@H](N)C(=O)O)[N+](=O)CCCCCCCC/C=C\CCCCCCCC. The van der Waals surface area contributed by atoms with Gasteiger partial charge in [-0.1, -0.05) is 147 Å². The Hall–Kier alpha value is -2.22. The first-order chi connectivity index (χ1) is 23.9. The van der Waals surface area contributed by atoms with Crippen LogP contribution in [-0.4, -0.2) is 46.2 Å². The van der Waals surface area contributed by atoms with Gasteiger partial charge in [0.15, 0.2) is 4.87 Å². The molecule has 0 aromatic heterocycles. The molecule has 0 aliphatic carbocycles. The van der Waals surface area contributed by atoms with Crippen molar-refractivity contribution in [2.24, 2.45) is 5.73 Å². The number of nitroso groups, excluding NO2 is 1. The van der Waals surface area contributed by atoms with E-state index in [2.05, 4.69) is 38.2 Å². The van der Waals surface area contributed by atoms with Crippen molar-refractivity contribution in [2.75, 3.05) is 13.1 Å². The number of carbonyl (C=O) groups is 2. The number of aliphatic carboxylic acids is 1. The predicted molar refractivity (Wildman–Crippen MR) is 205 cm³/mol. The van der Waals surface area contributed by atoms with Crippen LogP contribution in [0.4, 0.5) is 0 Å². The summed E-state index contributed by atoms with van der Waals surface area (Å²) in [7, 11) is 0. The molecule has 0 amide bonds. The largest absolute Gasteiger partial charge is 0.480 e. The highest BCUT2D eigenvalue weighted by Crippen LogP contribution is 2.13. The molecule has 0 rings (SSSR count).